The largest absolute Gasteiger partial charge is 0.353 e. The highest BCUT2D eigenvalue weighted by atomic mass is 32.2. The average molecular weight is 386 g/mol. The van der Waals surface area contributed by atoms with Crippen molar-refractivity contribution < 1.29 is 13.2 Å². The van der Waals surface area contributed by atoms with Crippen LogP contribution in [-0.4, -0.2) is 41.7 Å². The van der Waals surface area contributed by atoms with E-state index in [0.717, 1.165) is 5.56 Å². The fourth-order valence-electron chi connectivity index (χ4n) is 3.28. The van der Waals surface area contributed by atoms with Gasteiger partial charge in [0.2, 0.25) is 15.9 Å². The first-order valence-electron chi connectivity index (χ1n) is 8.44. The van der Waals surface area contributed by atoms with Gasteiger partial charge in [-0.1, -0.05) is 29.8 Å². The zero-order valence-electron chi connectivity index (χ0n) is 14.5. The van der Waals surface area contributed by atoms with Gasteiger partial charge in [0.1, 0.15) is 6.04 Å². The van der Waals surface area contributed by atoms with Crippen LogP contribution in [-0.2, 0) is 14.8 Å². The van der Waals surface area contributed by atoms with Crippen LogP contribution in [0.3, 0.4) is 0 Å². The Labute approximate surface area is 155 Å². The minimum atomic E-state index is -3.95. The van der Waals surface area contributed by atoms with Crippen molar-refractivity contribution in [1.29, 1.82) is 0 Å². The van der Waals surface area contributed by atoms with Crippen molar-refractivity contribution >= 4 is 27.0 Å². The molecule has 0 saturated carbocycles. The number of hydrogen-bond donors (Lipinski definition) is 3. The van der Waals surface area contributed by atoms with E-state index in [4.69, 9.17) is 0 Å². The first-order valence-corrected chi connectivity index (χ1v) is 9.88. The molecular formula is C18H18N4O4S. The van der Waals surface area contributed by atoms with Crippen molar-refractivity contribution in [3.8, 4) is 0 Å². The van der Waals surface area contributed by atoms with Crippen LogP contribution in [0.5, 0.6) is 0 Å². The average Bonchev–Trinajstić information content (AvgIpc) is 3.01. The summed E-state index contributed by atoms with van der Waals surface area (Å²) in [4.78, 5) is 29.1. The summed E-state index contributed by atoms with van der Waals surface area (Å²) in [5, 5.41) is 2.73. The first kappa shape index (κ1) is 17.5. The molecule has 3 aromatic rings. The number of nitrogens with one attached hydrogen (secondary N) is 3. The van der Waals surface area contributed by atoms with Crippen molar-refractivity contribution in [2.24, 2.45) is 0 Å². The lowest BCUT2D eigenvalue weighted by Gasteiger charge is -2.34. The number of fused-ring (bicyclic) bond motifs is 1. The lowest BCUT2D eigenvalue weighted by molar-refractivity contribution is -0.126. The molecular weight excluding hydrogens is 368 g/mol. The summed E-state index contributed by atoms with van der Waals surface area (Å²) >= 11 is 0. The van der Waals surface area contributed by atoms with Crippen molar-refractivity contribution in [1.82, 2.24) is 19.6 Å². The van der Waals surface area contributed by atoms with E-state index >= 15 is 0 Å². The molecule has 1 aliphatic heterocycles. The number of piperazine rings is 1. The number of aryl methyl sites for hydroxylation is 1. The lowest BCUT2D eigenvalue weighted by Crippen LogP contribution is -2.52. The molecule has 27 heavy (non-hydrogen) atoms. The number of rotatable bonds is 3. The van der Waals surface area contributed by atoms with Gasteiger partial charge < -0.3 is 15.3 Å². The number of H-pyrrole nitrogens is 2. The predicted molar refractivity (Wildman–Crippen MR) is 99.7 cm³/mol. The number of nitrogens with zero attached hydrogens (tertiary/aromatic N) is 1. The molecule has 4 rings (SSSR count). The van der Waals surface area contributed by atoms with Crippen molar-refractivity contribution in [3.63, 3.8) is 0 Å². The molecule has 1 saturated heterocycles. The van der Waals surface area contributed by atoms with Gasteiger partial charge in [0.05, 0.1) is 15.9 Å². The van der Waals surface area contributed by atoms with Gasteiger partial charge in [0.15, 0.2) is 0 Å². The molecule has 8 nitrogen and oxygen atoms in total. The molecule has 2 heterocycles. The summed E-state index contributed by atoms with van der Waals surface area (Å²) in [6.45, 7) is 2.32. The quantitative estimate of drug-likeness (QED) is 0.623. The Morgan fingerprint density at radius 1 is 1.00 bits per heavy atom. The number of hydrogen-bond acceptors (Lipinski definition) is 4. The first-order chi connectivity index (χ1) is 12.9. The zero-order valence-corrected chi connectivity index (χ0v) is 15.3. The zero-order chi connectivity index (χ0) is 19.2. The Hall–Kier alpha value is -2.91. The molecule has 1 aliphatic rings. The van der Waals surface area contributed by atoms with E-state index in [1.54, 1.807) is 12.1 Å². The van der Waals surface area contributed by atoms with Crippen LogP contribution < -0.4 is 11.0 Å². The normalized spacial score (nSPS) is 18.6. The maximum absolute atomic E-state index is 13.3. The molecule has 1 unspecified atom stereocenters. The monoisotopic (exact) mass is 386 g/mol. The van der Waals surface area contributed by atoms with Gasteiger partial charge in [0, 0.05) is 13.1 Å². The Balaban J connectivity index is 1.80. The van der Waals surface area contributed by atoms with Crippen LogP contribution in [0.2, 0.25) is 0 Å². The number of amides is 1. The molecule has 0 aliphatic carbocycles. The number of aromatic amines is 2. The van der Waals surface area contributed by atoms with Gasteiger partial charge in [-0.15, -0.1) is 0 Å². The molecule has 1 fully saturated rings. The number of aromatic nitrogens is 2. The molecule has 9 heteroatoms. The van der Waals surface area contributed by atoms with Gasteiger partial charge in [-0.25, -0.2) is 13.2 Å². The van der Waals surface area contributed by atoms with Crippen molar-refractivity contribution in [2.75, 3.05) is 13.1 Å². The van der Waals surface area contributed by atoms with Crippen LogP contribution in [0.15, 0.2) is 52.2 Å². The van der Waals surface area contributed by atoms with Crippen LogP contribution in [0.4, 0.5) is 0 Å². The van der Waals surface area contributed by atoms with E-state index in [1.165, 1.54) is 22.5 Å². The second-order valence-corrected chi connectivity index (χ2v) is 8.40. The number of carbonyl (C=O) groups excluding carboxylic acids is 1. The molecule has 1 amide bonds. The number of benzene rings is 2. The van der Waals surface area contributed by atoms with Gasteiger partial charge in [-0.2, -0.15) is 4.31 Å². The lowest BCUT2D eigenvalue weighted by atomic mass is 10.0. The van der Waals surface area contributed by atoms with E-state index < -0.39 is 21.8 Å². The highest BCUT2D eigenvalue weighted by Gasteiger charge is 2.39. The molecule has 140 valence electrons. The Bertz CT molecular complexity index is 1180. The van der Waals surface area contributed by atoms with Crippen LogP contribution >= 0.6 is 0 Å². The highest BCUT2D eigenvalue weighted by Crippen LogP contribution is 2.30. The van der Waals surface area contributed by atoms with E-state index in [-0.39, 0.29) is 23.9 Å². The summed E-state index contributed by atoms with van der Waals surface area (Å²) in [6.07, 6.45) is 0. The third kappa shape index (κ3) is 3.04. The minimum absolute atomic E-state index is 0.0251. The van der Waals surface area contributed by atoms with E-state index in [2.05, 4.69) is 15.3 Å². The topological polar surface area (TPSA) is 115 Å². The van der Waals surface area contributed by atoms with Crippen LogP contribution in [0, 0.1) is 6.92 Å². The molecule has 0 spiro atoms. The molecule has 1 atom stereocenters. The summed E-state index contributed by atoms with van der Waals surface area (Å²) < 4.78 is 27.8. The third-order valence-corrected chi connectivity index (χ3v) is 6.52. The van der Waals surface area contributed by atoms with E-state index in [1.807, 2.05) is 19.1 Å². The smallest absolute Gasteiger partial charge is 0.323 e. The van der Waals surface area contributed by atoms with Gasteiger partial charge in [-0.3, -0.25) is 4.79 Å². The Kier molecular flexibility index (Phi) is 4.12. The standard InChI is InChI=1S/C18H18N4O4S/c1-11-2-4-12(5-3-11)16-17(23)19-8-9-22(16)27(25,26)13-6-7-14-15(10-13)21-18(24)20-14/h2-7,10,16H,8-9H2,1H3,(H,19,23)(H2,20,21,24). The summed E-state index contributed by atoms with van der Waals surface area (Å²) in [5.74, 6) is -0.357. The fourth-order valence-corrected chi connectivity index (χ4v) is 4.88. The maximum atomic E-state index is 13.3. The Morgan fingerprint density at radius 2 is 1.70 bits per heavy atom. The van der Waals surface area contributed by atoms with Gasteiger partial charge in [0.25, 0.3) is 0 Å². The number of sulfonamides is 1. The van der Waals surface area contributed by atoms with Crippen molar-refractivity contribution in [2.45, 2.75) is 17.9 Å². The molecule has 0 bridgehead atoms. The van der Waals surface area contributed by atoms with Gasteiger partial charge >= 0.3 is 5.69 Å². The molecule has 1 aromatic heterocycles. The SMILES string of the molecule is Cc1ccc(C2C(=O)NCCN2S(=O)(=O)c2ccc3[nH]c(=O)[nH]c3c2)cc1. The maximum Gasteiger partial charge on any atom is 0.323 e. The summed E-state index contributed by atoms with van der Waals surface area (Å²) in [7, 11) is -3.95. The number of imidazole rings is 1. The fraction of sp³-hybridized carbons (Fsp3) is 0.222. The molecule has 0 radical (unpaired) electrons. The minimum Gasteiger partial charge on any atom is -0.353 e. The second-order valence-electron chi connectivity index (χ2n) is 6.51. The predicted octanol–water partition coefficient (Wildman–Crippen LogP) is 1.03. The number of carbonyl (C=O) groups is 1. The third-order valence-electron chi connectivity index (χ3n) is 4.65. The van der Waals surface area contributed by atoms with Crippen LogP contribution in [0.25, 0.3) is 11.0 Å². The molecule has 3 N–H and O–H groups in total. The van der Waals surface area contributed by atoms with Gasteiger partial charge in [-0.05, 0) is 30.7 Å². The van der Waals surface area contributed by atoms with E-state index in [9.17, 15) is 18.0 Å². The molecule has 2 aromatic carbocycles. The Morgan fingerprint density at radius 3 is 2.44 bits per heavy atom. The highest BCUT2D eigenvalue weighted by molar-refractivity contribution is 7.89. The summed E-state index contributed by atoms with van der Waals surface area (Å²) in [6, 6.07) is 10.6. The van der Waals surface area contributed by atoms with Crippen LogP contribution in [0.1, 0.15) is 17.2 Å². The second kappa shape index (κ2) is 6.36. The van der Waals surface area contributed by atoms with E-state index in [0.29, 0.717) is 16.6 Å². The summed E-state index contributed by atoms with van der Waals surface area (Å²) in [5.41, 5.74) is 2.14. The van der Waals surface area contributed by atoms with Crippen molar-refractivity contribution in [3.05, 3.63) is 64.1 Å².